The third-order valence-electron chi connectivity index (χ3n) is 6.48. The van der Waals surface area contributed by atoms with E-state index < -0.39 is 0 Å². The van der Waals surface area contributed by atoms with E-state index in [1.54, 1.807) is 24.3 Å². The summed E-state index contributed by atoms with van der Waals surface area (Å²) < 4.78 is 1.26. The van der Waals surface area contributed by atoms with Crippen molar-refractivity contribution in [2.45, 2.75) is 52.1 Å². The van der Waals surface area contributed by atoms with Crippen LogP contribution in [0, 0.1) is 6.92 Å². The van der Waals surface area contributed by atoms with Crippen LogP contribution in [0.25, 0.3) is 10.9 Å². The predicted molar refractivity (Wildman–Crippen MR) is 132 cm³/mol. The number of para-hydroxylation sites is 1. The van der Waals surface area contributed by atoms with Crippen LogP contribution in [-0.2, 0) is 11.3 Å². The number of nitrogens with zero attached hydrogens (tertiary/aromatic N) is 3. The second-order valence-electron chi connectivity index (χ2n) is 8.96. The minimum Gasteiger partial charge on any atom is -0.365 e. The number of unbranched alkanes of at least 4 members (excludes halogenated alkanes) is 2. The Morgan fingerprint density at radius 1 is 1.03 bits per heavy atom. The first-order valence-corrected chi connectivity index (χ1v) is 11.8. The summed E-state index contributed by atoms with van der Waals surface area (Å²) in [5.41, 5.74) is 2.38. The molecule has 1 amide bonds. The van der Waals surface area contributed by atoms with E-state index in [4.69, 9.17) is 0 Å². The van der Waals surface area contributed by atoms with Gasteiger partial charge in [0.2, 0.25) is 5.91 Å². The quantitative estimate of drug-likeness (QED) is 0.563. The van der Waals surface area contributed by atoms with Crippen molar-refractivity contribution in [3.05, 3.63) is 74.9 Å². The number of fused-ring (bicyclic) bond motifs is 1. The number of hydrogen-bond donors (Lipinski definition) is 1. The van der Waals surface area contributed by atoms with Crippen molar-refractivity contribution in [1.29, 1.82) is 0 Å². The van der Waals surface area contributed by atoms with Crippen molar-refractivity contribution < 1.29 is 4.79 Å². The fraction of sp³-hybridized carbons (Fsp3) is 0.423. The normalized spacial score (nSPS) is 16.4. The van der Waals surface area contributed by atoms with Gasteiger partial charge in [0.25, 0.3) is 5.56 Å². The largest absolute Gasteiger partial charge is 0.365 e. The Labute approximate surface area is 193 Å². The standard InChI is InChI=1S/C26H32N4O3/c1-19-9-8-10-21(17-19)29-16-15-28(18-20(29)2)24(31)13-4-3-7-14-30-25(32)22-11-5-6-12-23(22)27-26(30)33/h5-6,8-12,17,20H,3-4,7,13-16,18H2,1-2H3,(H,27,33)/t20-/m0/s1. The second-order valence-corrected chi connectivity index (χ2v) is 8.96. The molecule has 1 aromatic heterocycles. The fourth-order valence-corrected chi connectivity index (χ4v) is 4.66. The second kappa shape index (κ2) is 10.1. The SMILES string of the molecule is Cc1cccc(N2CCN(C(=O)CCCCCn3c(=O)[nH]c4ccccc4c3=O)C[C@@H]2C)c1. The Bertz CT molecular complexity index is 1250. The highest BCUT2D eigenvalue weighted by atomic mass is 16.2. The number of aromatic amines is 1. The molecule has 7 nitrogen and oxygen atoms in total. The average molecular weight is 449 g/mol. The lowest BCUT2D eigenvalue weighted by molar-refractivity contribution is -0.132. The molecule has 4 rings (SSSR count). The van der Waals surface area contributed by atoms with Crippen LogP contribution in [0.1, 0.15) is 38.2 Å². The predicted octanol–water partition coefficient (Wildman–Crippen LogP) is 3.30. The Hall–Kier alpha value is -3.35. The summed E-state index contributed by atoms with van der Waals surface area (Å²) in [6.07, 6.45) is 2.74. The monoisotopic (exact) mass is 448 g/mol. The maximum absolute atomic E-state index is 12.7. The topological polar surface area (TPSA) is 78.4 Å². The maximum Gasteiger partial charge on any atom is 0.328 e. The number of hydrogen-bond acceptors (Lipinski definition) is 4. The molecule has 0 unspecified atom stereocenters. The van der Waals surface area contributed by atoms with Gasteiger partial charge in [-0.2, -0.15) is 0 Å². The number of piperazine rings is 1. The highest BCUT2D eigenvalue weighted by molar-refractivity contribution is 5.77. The molecule has 3 aromatic rings. The average Bonchev–Trinajstić information content (AvgIpc) is 2.80. The molecule has 174 valence electrons. The first-order valence-electron chi connectivity index (χ1n) is 11.8. The zero-order valence-corrected chi connectivity index (χ0v) is 19.4. The molecular weight excluding hydrogens is 416 g/mol. The van der Waals surface area contributed by atoms with Crippen LogP contribution in [0.5, 0.6) is 0 Å². The summed E-state index contributed by atoms with van der Waals surface area (Å²) in [4.78, 5) is 44.7. The molecule has 2 aromatic carbocycles. The summed E-state index contributed by atoms with van der Waals surface area (Å²) in [6.45, 7) is 6.93. The molecule has 1 saturated heterocycles. The van der Waals surface area contributed by atoms with Gasteiger partial charge in [-0.05, 0) is 56.5 Å². The Morgan fingerprint density at radius 2 is 1.85 bits per heavy atom. The van der Waals surface area contributed by atoms with Gasteiger partial charge in [0.1, 0.15) is 0 Å². The van der Waals surface area contributed by atoms with Crippen LogP contribution in [0.3, 0.4) is 0 Å². The first-order chi connectivity index (χ1) is 15.9. The van der Waals surface area contributed by atoms with Crippen molar-refractivity contribution in [2.75, 3.05) is 24.5 Å². The number of H-pyrrole nitrogens is 1. The van der Waals surface area contributed by atoms with Gasteiger partial charge >= 0.3 is 5.69 Å². The third kappa shape index (κ3) is 5.18. The van der Waals surface area contributed by atoms with Crippen molar-refractivity contribution in [2.24, 2.45) is 0 Å². The number of anilines is 1. The minimum atomic E-state index is -0.379. The van der Waals surface area contributed by atoms with Crippen LogP contribution in [0.2, 0.25) is 0 Å². The van der Waals surface area contributed by atoms with Crippen LogP contribution in [-0.4, -0.2) is 46.0 Å². The highest BCUT2D eigenvalue weighted by Gasteiger charge is 2.26. The molecule has 33 heavy (non-hydrogen) atoms. The van der Waals surface area contributed by atoms with Gasteiger partial charge < -0.3 is 14.8 Å². The molecule has 0 radical (unpaired) electrons. The van der Waals surface area contributed by atoms with Gasteiger partial charge in [0.15, 0.2) is 0 Å². The Balaban J connectivity index is 1.24. The van der Waals surface area contributed by atoms with Crippen molar-refractivity contribution in [3.63, 3.8) is 0 Å². The van der Waals surface area contributed by atoms with E-state index in [9.17, 15) is 14.4 Å². The lowest BCUT2D eigenvalue weighted by Gasteiger charge is -2.41. The molecule has 0 spiro atoms. The number of aromatic nitrogens is 2. The molecule has 0 bridgehead atoms. The van der Waals surface area contributed by atoms with Gasteiger partial charge in [0, 0.05) is 44.3 Å². The maximum atomic E-state index is 12.7. The zero-order chi connectivity index (χ0) is 23.4. The minimum absolute atomic E-state index is 0.187. The lowest BCUT2D eigenvalue weighted by atomic mass is 10.1. The smallest absolute Gasteiger partial charge is 0.328 e. The molecular formula is C26H32N4O3. The molecule has 1 aliphatic rings. The molecule has 7 heteroatoms. The van der Waals surface area contributed by atoms with Gasteiger partial charge in [-0.3, -0.25) is 14.2 Å². The summed E-state index contributed by atoms with van der Waals surface area (Å²) in [5, 5.41) is 0.520. The fourth-order valence-electron chi connectivity index (χ4n) is 4.66. The number of benzene rings is 2. The van der Waals surface area contributed by atoms with E-state index in [1.807, 2.05) is 4.90 Å². The number of amides is 1. The van der Waals surface area contributed by atoms with Crippen LogP contribution < -0.4 is 16.1 Å². The van der Waals surface area contributed by atoms with E-state index in [0.717, 1.165) is 32.5 Å². The summed E-state index contributed by atoms with van der Waals surface area (Å²) in [5.74, 6) is 0.187. The van der Waals surface area contributed by atoms with Crippen molar-refractivity contribution in [1.82, 2.24) is 14.5 Å². The van der Waals surface area contributed by atoms with Gasteiger partial charge in [-0.1, -0.05) is 30.7 Å². The Morgan fingerprint density at radius 3 is 2.64 bits per heavy atom. The highest BCUT2D eigenvalue weighted by Crippen LogP contribution is 2.22. The van der Waals surface area contributed by atoms with Crippen LogP contribution in [0.15, 0.2) is 58.1 Å². The molecule has 2 heterocycles. The number of rotatable bonds is 7. The lowest BCUT2D eigenvalue weighted by Crippen LogP contribution is -2.53. The summed E-state index contributed by atoms with van der Waals surface area (Å²) in [6, 6.07) is 15.8. The Kier molecular flexibility index (Phi) is 6.96. The molecule has 1 N–H and O–H groups in total. The van der Waals surface area contributed by atoms with Crippen LogP contribution in [0.4, 0.5) is 5.69 Å². The van der Waals surface area contributed by atoms with E-state index >= 15 is 0 Å². The van der Waals surface area contributed by atoms with Crippen molar-refractivity contribution >= 4 is 22.5 Å². The number of nitrogens with one attached hydrogen (secondary N) is 1. The molecule has 1 fully saturated rings. The van der Waals surface area contributed by atoms with Crippen molar-refractivity contribution in [3.8, 4) is 0 Å². The third-order valence-corrected chi connectivity index (χ3v) is 6.48. The molecule has 0 saturated carbocycles. The van der Waals surface area contributed by atoms with E-state index in [1.165, 1.54) is 15.8 Å². The summed E-state index contributed by atoms with van der Waals surface area (Å²) in [7, 11) is 0. The molecule has 1 aliphatic heterocycles. The van der Waals surface area contributed by atoms with Gasteiger partial charge in [0.05, 0.1) is 10.9 Å². The van der Waals surface area contributed by atoms with E-state index in [-0.39, 0.29) is 23.2 Å². The molecule has 0 aliphatic carbocycles. The van der Waals surface area contributed by atoms with E-state index in [0.29, 0.717) is 30.3 Å². The van der Waals surface area contributed by atoms with Gasteiger partial charge in [-0.25, -0.2) is 4.79 Å². The number of carbonyl (C=O) groups is 1. The first kappa shape index (κ1) is 22.8. The summed E-state index contributed by atoms with van der Waals surface area (Å²) >= 11 is 0. The van der Waals surface area contributed by atoms with Crippen LogP contribution >= 0.6 is 0 Å². The zero-order valence-electron chi connectivity index (χ0n) is 19.4. The van der Waals surface area contributed by atoms with E-state index in [2.05, 4.69) is 48.0 Å². The molecule has 1 atom stereocenters. The number of carbonyl (C=O) groups excluding carboxylic acids is 1. The number of aryl methyl sites for hydroxylation is 1. The van der Waals surface area contributed by atoms with Gasteiger partial charge in [-0.15, -0.1) is 0 Å².